The second-order valence-electron chi connectivity index (χ2n) is 8.36. The van der Waals surface area contributed by atoms with Crippen molar-refractivity contribution in [1.29, 1.82) is 0 Å². The van der Waals surface area contributed by atoms with E-state index in [0.717, 1.165) is 18.8 Å². The summed E-state index contributed by atoms with van der Waals surface area (Å²) in [6.07, 6.45) is 0.490. The monoisotopic (exact) mass is 396 g/mol. The third kappa shape index (κ3) is 2.14. The van der Waals surface area contributed by atoms with Gasteiger partial charge in [-0.2, -0.15) is 0 Å². The van der Waals surface area contributed by atoms with Gasteiger partial charge in [0, 0.05) is 39.1 Å². The van der Waals surface area contributed by atoms with E-state index in [0.29, 0.717) is 42.7 Å². The van der Waals surface area contributed by atoms with Gasteiger partial charge >= 0.3 is 5.69 Å². The number of carbonyl (C=O) groups is 3. The van der Waals surface area contributed by atoms with Crippen LogP contribution in [0.3, 0.4) is 0 Å². The maximum Gasteiger partial charge on any atom is 0.329 e. The summed E-state index contributed by atoms with van der Waals surface area (Å²) < 4.78 is 3.16. The minimum Gasteiger partial charge on any atom is -0.365 e. The number of carbonyl (C=O) groups excluding carboxylic acids is 3. The lowest BCUT2D eigenvalue weighted by Crippen LogP contribution is -2.72. The zero-order valence-electron chi connectivity index (χ0n) is 15.7. The number of nitrogens with one attached hydrogen (secondary N) is 3. The standard InChI is InChI=1S/C19H20N6O4/c26-13-4-3-12(17(28)21-13)25-11-2-1-10-14-15(11)24(18(25)29)6-5-23(14)9-19(7-20-8-19)22-16(10)27/h1-2,12,20H,3-9H2,(H,22,27)(H,21,26,28). The van der Waals surface area contributed by atoms with Gasteiger partial charge in [0.1, 0.15) is 6.04 Å². The number of anilines is 1. The van der Waals surface area contributed by atoms with Gasteiger partial charge < -0.3 is 15.5 Å². The molecular weight excluding hydrogens is 376 g/mol. The van der Waals surface area contributed by atoms with Crippen molar-refractivity contribution in [2.75, 3.05) is 31.1 Å². The van der Waals surface area contributed by atoms with Crippen molar-refractivity contribution >= 4 is 34.4 Å². The lowest BCUT2D eigenvalue weighted by Gasteiger charge is -2.45. The number of hydrogen-bond acceptors (Lipinski definition) is 6. The summed E-state index contributed by atoms with van der Waals surface area (Å²) in [4.78, 5) is 52.4. The Morgan fingerprint density at radius 1 is 1.07 bits per heavy atom. The van der Waals surface area contributed by atoms with E-state index in [4.69, 9.17) is 0 Å². The van der Waals surface area contributed by atoms with Crippen LogP contribution in [-0.2, 0) is 16.1 Å². The number of amides is 3. The van der Waals surface area contributed by atoms with Crippen LogP contribution in [0.25, 0.3) is 11.0 Å². The second kappa shape index (κ2) is 5.47. The van der Waals surface area contributed by atoms with Gasteiger partial charge in [0.05, 0.1) is 27.8 Å². The van der Waals surface area contributed by atoms with Crippen LogP contribution in [0.4, 0.5) is 5.69 Å². The number of benzene rings is 1. The molecule has 0 saturated carbocycles. The first kappa shape index (κ1) is 16.8. The van der Waals surface area contributed by atoms with E-state index in [1.165, 1.54) is 4.57 Å². The Morgan fingerprint density at radius 3 is 2.62 bits per heavy atom. The second-order valence-corrected chi connectivity index (χ2v) is 8.36. The molecule has 3 N–H and O–H groups in total. The van der Waals surface area contributed by atoms with Crippen molar-refractivity contribution < 1.29 is 14.4 Å². The van der Waals surface area contributed by atoms with Crippen molar-refractivity contribution in [3.63, 3.8) is 0 Å². The molecule has 1 aromatic carbocycles. The van der Waals surface area contributed by atoms with Crippen molar-refractivity contribution in [1.82, 2.24) is 25.1 Å². The molecule has 3 amide bonds. The molecule has 5 heterocycles. The molecule has 10 nitrogen and oxygen atoms in total. The van der Waals surface area contributed by atoms with Gasteiger partial charge in [0.2, 0.25) is 11.8 Å². The van der Waals surface area contributed by atoms with Crippen molar-refractivity contribution in [3.05, 3.63) is 28.2 Å². The molecule has 150 valence electrons. The Morgan fingerprint density at radius 2 is 1.90 bits per heavy atom. The molecular formula is C19H20N6O4. The zero-order chi connectivity index (χ0) is 19.9. The number of rotatable bonds is 1. The molecule has 2 saturated heterocycles. The Kier molecular flexibility index (Phi) is 3.17. The lowest BCUT2D eigenvalue weighted by molar-refractivity contribution is -0.135. The van der Waals surface area contributed by atoms with E-state index >= 15 is 0 Å². The first-order chi connectivity index (χ1) is 14.0. The fourth-order valence-electron chi connectivity index (χ4n) is 5.13. The number of aromatic nitrogens is 2. The summed E-state index contributed by atoms with van der Waals surface area (Å²) in [5.41, 5.74) is 2.07. The van der Waals surface area contributed by atoms with E-state index in [-0.39, 0.29) is 29.5 Å². The predicted molar refractivity (Wildman–Crippen MR) is 103 cm³/mol. The van der Waals surface area contributed by atoms with Gasteiger partial charge in [-0.15, -0.1) is 0 Å². The molecule has 1 unspecified atom stereocenters. The van der Waals surface area contributed by atoms with Crippen LogP contribution in [0.1, 0.15) is 29.2 Å². The number of piperidine rings is 1. The topological polar surface area (TPSA) is 117 Å². The normalized spacial score (nSPS) is 24.9. The highest BCUT2D eigenvalue weighted by molar-refractivity contribution is 6.09. The number of nitrogens with zero attached hydrogens (tertiary/aromatic N) is 3. The molecule has 0 radical (unpaired) electrons. The van der Waals surface area contributed by atoms with E-state index in [2.05, 4.69) is 20.9 Å². The SMILES string of the molecule is O=C1CCC(n2c(=O)n3c4c5c(ccc42)C(=O)NC2(CNC2)CN5CC3)C(=O)N1. The van der Waals surface area contributed by atoms with Crippen LogP contribution in [0.5, 0.6) is 0 Å². The summed E-state index contributed by atoms with van der Waals surface area (Å²) in [7, 11) is 0. The summed E-state index contributed by atoms with van der Waals surface area (Å²) in [6.45, 7) is 3.22. The smallest absolute Gasteiger partial charge is 0.329 e. The molecule has 0 aliphatic carbocycles. The van der Waals surface area contributed by atoms with Crippen LogP contribution in [0.15, 0.2) is 16.9 Å². The molecule has 6 rings (SSSR count). The van der Waals surface area contributed by atoms with Gasteiger partial charge in [-0.05, 0) is 18.6 Å². The van der Waals surface area contributed by atoms with E-state index < -0.39 is 11.9 Å². The average molecular weight is 396 g/mol. The molecule has 1 spiro atoms. The fraction of sp³-hybridized carbons (Fsp3) is 0.474. The summed E-state index contributed by atoms with van der Waals surface area (Å²) in [5.74, 6) is -0.908. The Balaban J connectivity index is 1.57. The quantitative estimate of drug-likeness (QED) is 0.515. The van der Waals surface area contributed by atoms with E-state index in [1.54, 1.807) is 16.7 Å². The molecule has 29 heavy (non-hydrogen) atoms. The number of imide groups is 1. The van der Waals surface area contributed by atoms with Gasteiger partial charge in [0.25, 0.3) is 5.91 Å². The van der Waals surface area contributed by atoms with E-state index in [1.807, 2.05) is 0 Å². The average Bonchev–Trinajstić information content (AvgIpc) is 2.86. The van der Waals surface area contributed by atoms with Crippen LogP contribution < -0.4 is 26.5 Å². The van der Waals surface area contributed by atoms with Crippen molar-refractivity contribution in [2.45, 2.75) is 31.0 Å². The largest absolute Gasteiger partial charge is 0.365 e. The van der Waals surface area contributed by atoms with Crippen molar-refractivity contribution in [3.8, 4) is 0 Å². The first-order valence-electron chi connectivity index (χ1n) is 9.87. The number of hydrogen-bond donors (Lipinski definition) is 3. The van der Waals surface area contributed by atoms with Gasteiger partial charge in [-0.1, -0.05) is 0 Å². The minimum absolute atomic E-state index is 0.138. The maximum atomic E-state index is 13.3. The highest BCUT2D eigenvalue weighted by atomic mass is 16.2. The van der Waals surface area contributed by atoms with Crippen LogP contribution in [0.2, 0.25) is 0 Å². The summed E-state index contributed by atoms with van der Waals surface area (Å²) in [5, 5.41) is 8.73. The summed E-state index contributed by atoms with van der Waals surface area (Å²) in [6, 6.07) is 2.76. The predicted octanol–water partition coefficient (Wildman–Crippen LogP) is -1.31. The molecule has 0 bridgehead atoms. The van der Waals surface area contributed by atoms with E-state index in [9.17, 15) is 19.2 Å². The number of imidazole rings is 1. The first-order valence-corrected chi connectivity index (χ1v) is 9.87. The third-order valence-corrected chi connectivity index (χ3v) is 6.57. The zero-order valence-corrected chi connectivity index (χ0v) is 15.7. The molecule has 4 aliphatic rings. The molecule has 4 aliphatic heterocycles. The summed E-state index contributed by atoms with van der Waals surface area (Å²) >= 11 is 0. The Hall–Kier alpha value is -3.14. The third-order valence-electron chi connectivity index (χ3n) is 6.57. The minimum atomic E-state index is -0.727. The van der Waals surface area contributed by atoms with Gasteiger partial charge in [-0.3, -0.25) is 28.8 Å². The van der Waals surface area contributed by atoms with Crippen molar-refractivity contribution in [2.24, 2.45) is 0 Å². The lowest BCUT2D eigenvalue weighted by atomic mass is 9.91. The molecule has 2 aromatic rings. The molecule has 10 heteroatoms. The highest BCUT2D eigenvalue weighted by Gasteiger charge is 2.45. The Bertz CT molecular complexity index is 1170. The van der Waals surface area contributed by atoms with Gasteiger partial charge in [0.15, 0.2) is 0 Å². The highest BCUT2D eigenvalue weighted by Crippen LogP contribution is 2.38. The van der Waals surface area contributed by atoms with Gasteiger partial charge in [-0.25, -0.2) is 4.79 Å². The molecule has 2 fully saturated rings. The van der Waals surface area contributed by atoms with Crippen LogP contribution in [0, 0.1) is 0 Å². The van der Waals surface area contributed by atoms with Crippen LogP contribution >= 0.6 is 0 Å². The fourth-order valence-corrected chi connectivity index (χ4v) is 5.13. The maximum absolute atomic E-state index is 13.3. The molecule has 1 atom stereocenters. The Labute approximate surface area is 164 Å². The molecule has 1 aromatic heterocycles. The van der Waals surface area contributed by atoms with Crippen LogP contribution in [-0.4, -0.2) is 58.6 Å².